The Morgan fingerprint density at radius 2 is 2.06 bits per heavy atom. The van der Waals surface area contributed by atoms with Crippen molar-refractivity contribution in [3.8, 4) is 0 Å². The summed E-state index contributed by atoms with van der Waals surface area (Å²) in [5.74, 6) is 1.14. The molecule has 1 fully saturated rings. The van der Waals surface area contributed by atoms with Gasteiger partial charge < -0.3 is 15.0 Å². The highest BCUT2D eigenvalue weighted by Crippen LogP contribution is 2.31. The minimum atomic E-state index is -0.353. The number of piperazine rings is 1. The molecule has 0 aliphatic carbocycles. The highest BCUT2D eigenvalue weighted by molar-refractivity contribution is 7.17. The van der Waals surface area contributed by atoms with Crippen LogP contribution in [-0.2, 0) is 24.2 Å². The molecule has 1 saturated heterocycles. The molecule has 5 heterocycles. The summed E-state index contributed by atoms with van der Waals surface area (Å²) in [5, 5.41) is 7.26. The highest BCUT2D eigenvalue weighted by atomic mass is 32.1. The lowest BCUT2D eigenvalue weighted by molar-refractivity contribution is 0.0531. The third kappa shape index (κ3) is 5.42. The van der Waals surface area contributed by atoms with E-state index in [1.165, 1.54) is 16.9 Å². The van der Waals surface area contributed by atoms with E-state index in [1.807, 2.05) is 25.3 Å². The molecule has 11 heteroatoms. The molecule has 0 amide bonds. The van der Waals surface area contributed by atoms with E-state index in [4.69, 9.17) is 14.7 Å². The van der Waals surface area contributed by atoms with Crippen molar-refractivity contribution >= 4 is 34.2 Å². The van der Waals surface area contributed by atoms with Gasteiger partial charge in [-0.3, -0.25) is 15.2 Å². The normalized spacial score (nSPS) is 16.1. The lowest BCUT2D eigenvalue weighted by atomic mass is 10.0. The zero-order valence-electron chi connectivity index (χ0n) is 20.1. The second-order valence-corrected chi connectivity index (χ2v) is 9.59. The lowest BCUT2D eigenvalue weighted by Crippen LogP contribution is -2.45. The predicted octanol–water partition coefficient (Wildman–Crippen LogP) is 2.52. The molecular formula is C24H30N8O2S. The van der Waals surface area contributed by atoms with Gasteiger partial charge in [0.15, 0.2) is 5.13 Å². The number of pyridine rings is 1. The van der Waals surface area contributed by atoms with Crippen LogP contribution < -0.4 is 15.5 Å². The molecule has 3 aromatic heterocycles. The molecule has 0 saturated carbocycles. The Balaban J connectivity index is 1.43. The molecule has 0 atom stereocenters. The summed E-state index contributed by atoms with van der Waals surface area (Å²) in [4.78, 5) is 36.3. The average molecular weight is 495 g/mol. The fourth-order valence-electron chi connectivity index (χ4n) is 4.45. The number of nitrogens with one attached hydrogen (secondary N) is 2. The van der Waals surface area contributed by atoms with Crippen LogP contribution in [-0.4, -0.2) is 70.1 Å². The van der Waals surface area contributed by atoms with Crippen LogP contribution in [0.5, 0.6) is 0 Å². The van der Waals surface area contributed by atoms with Crippen molar-refractivity contribution in [2.75, 3.05) is 49.5 Å². The number of rotatable bonds is 7. The molecule has 0 bridgehead atoms. The number of thiazole rings is 1. The molecule has 184 valence electrons. The molecule has 2 N–H and O–H groups in total. The van der Waals surface area contributed by atoms with Gasteiger partial charge in [0.25, 0.3) is 0 Å². The van der Waals surface area contributed by atoms with Crippen molar-refractivity contribution < 1.29 is 9.53 Å². The first-order valence-corrected chi connectivity index (χ1v) is 12.8. The summed E-state index contributed by atoms with van der Waals surface area (Å²) < 4.78 is 5.16. The van der Waals surface area contributed by atoms with Gasteiger partial charge in [0, 0.05) is 57.6 Å². The highest BCUT2D eigenvalue weighted by Gasteiger charge is 2.26. The van der Waals surface area contributed by atoms with Crippen molar-refractivity contribution in [2.45, 2.75) is 33.4 Å². The number of aromatic nitrogens is 4. The van der Waals surface area contributed by atoms with Gasteiger partial charge in [-0.1, -0.05) is 17.4 Å². The van der Waals surface area contributed by atoms with E-state index in [2.05, 4.69) is 36.5 Å². The topological polar surface area (TPSA) is 108 Å². The van der Waals surface area contributed by atoms with Crippen molar-refractivity contribution in [2.24, 2.45) is 0 Å². The van der Waals surface area contributed by atoms with E-state index in [0.717, 1.165) is 69.4 Å². The minimum Gasteiger partial charge on any atom is -0.462 e. The Bertz CT molecular complexity index is 1180. The maximum atomic E-state index is 12.2. The van der Waals surface area contributed by atoms with Crippen LogP contribution in [0.1, 0.15) is 39.2 Å². The van der Waals surface area contributed by atoms with E-state index < -0.39 is 0 Å². The molecule has 0 radical (unpaired) electrons. The summed E-state index contributed by atoms with van der Waals surface area (Å²) in [7, 11) is 0. The molecular weight excluding hydrogens is 464 g/mol. The molecule has 0 unspecified atom stereocenters. The summed E-state index contributed by atoms with van der Waals surface area (Å²) in [5.41, 5.74) is 3.93. The van der Waals surface area contributed by atoms with E-state index in [0.29, 0.717) is 28.3 Å². The zero-order chi connectivity index (χ0) is 24.2. The molecule has 10 nitrogen and oxygen atoms in total. The van der Waals surface area contributed by atoms with Crippen LogP contribution >= 0.6 is 11.3 Å². The van der Waals surface area contributed by atoms with Gasteiger partial charge in [0.2, 0.25) is 5.95 Å². The summed E-state index contributed by atoms with van der Waals surface area (Å²) in [6.45, 7) is 10.1. The number of aryl methyl sites for hydroxylation is 1. The molecule has 2 aliphatic heterocycles. The summed E-state index contributed by atoms with van der Waals surface area (Å²) >= 11 is 1.26. The van der Waals surface area contributed by atoms with Gasteiger partial charge in [-0.05, 0) is 32.4 Å². The maximum Gasteiger partial charge on any atom is 0.350 e. The zero-order valence-corrected chi connectivity index (χ0v) is 20.9. The SMILES string of the molecule is CCOC(=O)c1sc(Nc2nc3c(c(N4CCNCC4)n2)CCN(Cc2ccccn2)C3)nc1C. The Morgan fingerprint density at radius 3 is 2.83 bits per heavy atom. The number of hydrogen-bond acceptors (Lipinski definition) is 11. The van der Waals surface area contributed by atoms with Crippen LogP contribution in [0, 0.1) is 6.92 Å². The first-order valence-electron chi connectivity index (χ1n) is 12.0. The van der Waals surface area contributed by atoms with Crippen LogP contribution in [0.3, 0.4) is 0 Å². The summed E-state index contributed by atoms with van der Waals surface area (Å²) in [6.07, 6.45) is 2.73. The third-order valence-electron chi connectivity index (χ3n) is 6.13. The van der Waals surface area contributed by atoms with Crippen LogP contribution in [0.15, 0.2) is 24.4 Å². The van der Waals surface area contributed by atoms with E-state index in [1.54, 1.807) is 6.92 Å². The second kappa shape index (κ2) is 10.6. The predicted molar refractivity (Wildman–Crippen MR) is 135 cm³/mol. The van der Waals surface area contributed by atoms with E-state index >= 15 is 0 Å². The first kappa shape index (κ1) is 23.6. The van der Waals surface area contributed by atoms with E-state index in [-0.39, 0.29) is 5.97 Å². The second-order valence-electron chi connectivity index (χ2n) is 8.59. The number of carbonyl (C=O) groups is 1. The Morgan fingerprint density at radius 1 is 1.20 bits per heavy atom. The van der Waals surface area contributed by atoms with Crippen molar-refractivity contribution in [1.82, 2.24) is 30.2 Å². The van der Waals surface area contributed by atoms with Crippen LogP contribution in [0.25, 0.3) is 0 Å². The fourth-order valence-corrected chi connectivity index (χ4v) is 5.30. The number of anilines is 3. The number of carbonyl (C=O) groups excluding carboxylic acids is 1. The van der Waals surface area contributed by atoms with Gasteiger partial charge in [-0.15, -0.1) is 0 Å². The largest absolute Gasteiger partial charge is 0.462 e. The van der Waals surface area contributed by atoms with Gasteiger partial charge in [0.05, 0.1) is 23.7 Å². The fraction of sp³-hybridized carbons (Fsp3) is 0.458. The minimum absolute atomic E-state index is 0.329. The monoisotopic (exact) mass is 494 g/mol. The van der Waals surface area contributed by atoms with Crippen molar-refractivity contribution in [3.63, 3.8) is 0 Å². The van der Waals surface area contributed by atoms with Crippen LogP contribution in [0.2, 0.25) is 0 Å². The molecule has 0 spiro atoms. The standard InChI is InChI=1S/C24H30N8O2S/c1-3-34-22(33)20-16(2)27-24(35-20)30-23-28-19-15-31(14-17-6-4-5-8-26-17)11-7-18(19)21(29-23)32-12-9-25-10-13-32/h4-6,8,25H,3,7,9-15H2,1-2H3,(H,27,28,29,30). The number of ether oxygens (including phenoxy) is 1. The summed E-state index contributed by atoms with van der Waals surface area (Å²) in [6, 6.07) is 6.02. The van der Waals surface area contributed by atoms with Gasteiger partial charge in [-0.25, -0.2) is 14.8 Å². The average Bonchev–Trinajstić information content (AvgIpc) is 3.24. The smallest absolute Gasteiger partial charge is 0.350 e. The first-order chi connectivity index (χ1) is 17.1. The van der Waals surface area contributed by atoms with Crippen LogP contribution in [0.4, 0.5) is 16.9 Å². The van der Waals surface area contributed by atoms with Gasteiger partial charge in [0.1, 0.15) is 10.7 Å². The number of esters is 1. The van der Waals surface area contributed by atoms with Gasteiger partial charge >= 0.3 is 5.97 Å². The lowest BCUT2D eigenvalue weighted by Gasteiger charge is -2.34. The molecule has 2 aliphatic rings. The maximum absolute atomic E-state index is 12.2. The molecule has 5 rings (SSSR count). The Labute approximate surface area is 208 Å². The molecule has 0 aromatic carbocycles. The van der Waals surface area contributed by atoms with Crippen molar-refractivity contribution in [3.05, 3.63) is 51.9 Å². The van der Waals surface area contributed by atoms with E-state index in [9.17, 15) is 4.79 Å². The Hall–Kier alpha value is -3.15. The molecule has 35 heavy (non-hydrogen) atoms. The van der Waals surface area contributed by atoms with Gasteiger partial charge in [-0.2, -0.15) is 4.98 Å². The number of hydrogen-bond donors (Lipinski definition) is 2. The molecule has 3 aromatic rings. The number of fused-ring (bicyclic) bond motifs is 1. The number of nitrogens with zero attached hydrogens (tertiary/aromatic N) is 6. The third-order valence-corrected chi connectivity index (χ3v) is 7.18. The Kier molecular flexibility index (Phi) is 7.16. The quantitative estimate of drug-likeness (QED) is 0.476. The van der Waals surface area contributed by atoms with Crippen molar-refractivity contribution in [1.29, 1.82) is 0 Å².